The van der Waals surface area contributed by atoms with Gasteiger partial charge in [0.1, 0.15) is 0 Å². The Morgan fingerprint density at radius 2 is 1.93 bits per heavy atom. The van der Waals surface area contributed by atoms with E-state index in [0.717, 1.165) is 11.8 Å². The molecule has 0 unspecified atom stereocenters. The Hall–Kier alpha value is -1.52. The van der Waals surface area contributed by atoms with E-state index < -0.39 is 9.84 Å². The van der Waals surface area contributed by atoms with Gasteiger partial charge in [-0.25, -0.2) is 8.42 Å². The Morgan fingerprint density at radius 3 is 2.40 bits per heavy atom. The van der Waals surface area contributed by atoms with Crippen molar-refractivity contribution < 1.29 is 8.42 Å². The van der Waals surface area contributed by atoms with Crippen LogP contribution in [-0.4, -0.2) is 14.7 Å². The lowest BCUT2D eigenvalue weighted by molar-refractivity contribution is 0.601. The molecular weight excluding hydrogens is 214 g/mol. The van der Waals surface area contributed by atoms with Crippen LogP contribution in [0.25, 0.3) is 10.4 Å². The second-order valence-electron chi connectivity index (χ2n) is 3.32. The molecule has 0 aliphatic rings. The topological polar surface area (TPSA) is 82.9 Å². The van der Waals surface area contributed by atoms with Gasteiger partial charge in [0.05, 0.1) is 4.90 Å². The number of rotatable bonds is 2. The molecule has 15 heavy (non-hydrogen) atoms. The highest BCUT2D eigenvalue weighted by Gasteiger charge is 2.13. The SMILES string of the molecule is Cc1ccc(S(C)(=O)=O)c(C)c1N=[N+]=[N-]. The molecule has 0 bridgehead atoms. The van der Waals surface area contributed by atoms with Gasteiger partial charge in [0, 0.05) is 16.9 Å². The minimum Gasteiger partial charge on any atom is -0.224 e. The summed E-state index contributed by atoms with van der Waals surface area (Å²) < 4.78 is 22.8. The van der Waals surface area contributed by atoms with Crippen molar-refractivity contribution in [2.45, 2.75) is 18.7 Å². The van der Waals surface area contributed by atoms with E-state index in [1.54, 1.807) is 19.9 Å². The van der Waals surface area contributed by atoms with Crippen molar-refractivity contribution in [3.8, 4) is 0 Å². The number of hydrogen-bond donors (Lipinski definition) is 0. The average molecular weight is 225 g/mol. The molecule has 0 aliphatic heterocycles. The van der Waals surface area contributed by atoms with Crippen LogP contribution >= 0.6 is 0 Å². The van der Waals surface area contributed by atoms with Gasteiger partial charge >= 0.3 is 0 Å². The first-order valence-electron chi connectivity index (χ1n) is 4.23. The molecule has 1 aromatic rings. The van der Waals surface area contributed by atoms with Crippen LogP contribution in [0.5, 0.6) is 0 Å². The third-order valence-corrected chi connectivity index (χ3v) is 3.37. The van der Waals surface area contributed by atoms with Gasteiger partial charge in [0.15, 0.2) is 9.84 Å². The summed E-state index contributed by atoms with van der Waals surface area (Å²) in [5, 5.41) is 3.50. The Bertz CT molecular complexity index is 543. The molecule has 0 saturated heterocycles. The zero-order chi connectivity index (χ0) is 11.6. The van der Waals surface area contributed by atoms with E-state index in [2.05, 4.69) is 10.0 Å². The molecule has 1 aromatic carbocycles. The summed E-state index contributed by atoms with van der Waals surface area (Å²) in [5.74, 6) is 0. The van der Waals surface area contributed by atoms with E-state index in [1.807, 2.05) is 0 Å². The quantitative estimate of drug-likeness (QED) is 0.440. The Kier molecular flexibility index (Phi) is 3.02. The molecular formula is C9H11N3O2S. The maximum Gasteiger partial charge on any atom is 0.175 e. The number of aryl methyl sites for hydroxylation is 1. The minimum absolute atomic E-state index is 0.204. The summed E-state index contributed by atoms with van der Waals surface area (Å²) in [7, 11) is -3.27. The number of nitrogens with zero attached hydrogens (tertiary/aromatic N) is 3. The third-order valence-electron chi connectivity index (χ3n) is 2.13. The van der Waals surface area contributed by atoms with Gasteiger partial charge in [-0.1, -0.05) is 11.2 Å². The van der Waals surface area contributed by atoms with Gasteiger partial charge in [-0.15, -0.1) is 0 Å². The van der Waals surface area contributed by atoms with E-state index in [4.69, 9.17) is 5.53 Å². The van der Waals surface area contributed by atoms with Crippen molar-refractivity contribution in [1.29, 1.82) is 0 Å². The fraction of sp³-hybridized carbons (Fsp3) is 0.333. The molecule has 0 N–H and O–H groups in total. The van der Waals surface area contributed by atoms with Crippen LogP contribution in [0.4, 0.5) is 5.69 Å². The molecule has 6 heteroatoms. The fourth-order valence-electron chi connectivity index (χ4n) is 1.42. The van der Waals surface area contributed by atoms with E-state index in [-0.39, 0.29) is 4.90 Å². The van der Waals surface area contributed by atoms with E-state index in [9.17, 15) is 8.42 Å². The Morgan fingerprint density at radius 1 is 1.33 bits per heavy atom. The Balaban J connectivity index is 3.63. The minimum atomic E-state index is -3.27. The van der Waals surface area contributed by atoms with Crippen LogP contribution in [0.3, 0.4) is 0 Å². The predicted molar refractivity (Wildman–Crippen MR) is 57.8 cm³/mol. The molecule has 80 valence electrons. The first kappa shape index (κ1) is 11.6. The first-order chi connectivity index (χ1) is 6.88. The van der Waals surface area contributed by atoms with Crippen molar-refractivity contribution in [1.82, 2.24) is 0 Å². The summed E-state index contributed by atoms with van der Waals surface area (Å²) in [6.07, 6.45) is 1.13. The van der Waals surface area contributed by atoms with Crippen LogP contribution in [0.15, 0.2) is 22.1 Å². The maximum atomic E-state index is 11.4. The third kappa shape index (κ3) is 2.29. The predicted octanol–water partition coefficient (Wildman–Crippen LogP) is 2.65. The van der Waals surface area contributed by atoms with Crippen LogP contribution < -0.4 is 0 Å². The normalized spacial score (nSPS) is 10.9. The number of benzene rings is 1. The van der Waals surface area contributed by atoms with Crippen molar-refractivity contribution in [2.24, 2.45) is 5.11 Å². The number of hydrogen-bond acceptors (Lipinski definition) is 3. The van der Waals surface area contributed by atoms with E-state index in [0.29, 0.717) is 11.3 Å². The standard InChI is InChI=1S/C9H11N3O2S/c1-6-4-5-8(15(3,13)14)7(2)9(6)11-12-10/h4-5H,1-3H3. The fourth-order valence-corrected chi connectivity index (χ4v) is 2.39. The highest BCUT2D eigenvalue weighted by molar-refractivity contribution is 7.90. The summed E-state index contributed by atoms with van der Waals surface area (Å²) in [6.45, 7) is 3.40. The van der Waals surface area contributed by atoms with Crippen molar-refractivity contribution >= 4 is 15.5 Å². The molecule has 0 amide bonds. The molecule has 0 spiro atoms. The van der Waals surface area contributed by atoms with Gasteiger partial charge in [-0.05, 0) is 36.6 Å². The molecule has 0 heterocycles. The highest BCUT2D eigenvalue weighted by Crippen LogP contribution is 2.29. The molecule has 1 rings (SSSR count). The Labute approximate surface area is 88.3 Å². The van der Waals surface area contributed by atoms with Gasteiger partial charge < -0.3 is 0 Å². The molecule has 0 atom stereocenters. The lowest BCUT2D eigenvalue weighted by Crippen LogP contribution is -2.00. The zero-order valence-corrected chi connectivity index (χ0v) is 9.54. The highest BCUT2D eigenvalue weighted by atomic mass is 32.2. The second kappa shape index (κ2) is 3.92. The molecule has 0 aliphatic carbocycles. The lowest BCUT2D eigenvalue weighted by Gasteiger charge is -2.08. The summed E-state index contributed by atoms with van der Waals surface area (Å²) in [4.78, 5) is 2.89. The molecule has 0 fully saturated rings. The van der Waals surface area contributed by atoms with Crippen molar-refractivity contribution in [3.05, 3.63) is 33.7 Å². The van der Waals surface area contributed by atoms with Crippen molar-refractivity contribution in [2.75, 3.05) is 6.26 Å². The second-order valence-corrected chi connectivity index (χ2v) is 5.30. The van der Waals surface area contributed by atoms with Crippen LogP contribution in [0.2, 0.25) is 0 Å². The largest absolute Gasteiger partial charge is 0.224 e. The smallest absolute Gasteiger partial charge is 0.175 e. The molecule has 0 aromatic heterocycles. The maximum absolute atomic E-state index is 11.4. The average Bonchev–Trinajstić information content (AvgIpc) is 2.09. The van der Waals surface area contributed by atoms with Gasteiger partial charge in [-0.2, -0.15) is 0 Å². The zero-order valence-electron chi connectivity index (χ0n) is 8.72. The number of azide groups is 1. The molecule has 0 radical (unpaired) electrons. The lowest BCUT2D eigenvalue weighted by atomic mass is 10.1. The van der Waals surface area contributed by atoms with Crippen LogP contribution in [-0.2, 0) is 9.84 Å². The molecule has 5 nitrogen and oxygen atoms in total. The summed E-state index contributed by atoms with van der Waals surface area (Å²) in [6, 6.07) is 3.16. The van der Waals surface area contributed by atoms with Crippen LogP contribution in [0, 0.1) is 13.8 Å². The monoisotopic (exact) mass is 225 g/mol. The first-order valence-corrected chi connectivity index (χ1v) is 6.12. The van der Waals surface area contributed by atoms with E-state index >= 15 is 0 Å². The van der Waals surface area contributed by atoms with E-state index in [1.165, 1.54) is 6.07 Å². The van der Waals surface area contributed by atoms with Crippen LogP contribution in [0.1, 0.15) is 11.1 Å². The van der Waals surface area contributed by atoms with Gasteiger partial charge in [0.25, 0.3) is 0 Å². The van der Waals surface area contributed by atoms with Gasteiger partial charge in [-0.3, -0.25) is 0 Å². The molecule has 0 saturated carbocycles. The summed E-state index contributed by atoms with van der Waals surface area (Å²) in [5.41, 5.74) is 10.0. The summed E-state index contributed by atoms with van der Waals surface area (Å²) >= 11 is 0. The van der Waals surface area contributed by atoms with Gasteiger partial charge in [0.2, 0.25) is 0 Å². The van der Waals surface area contributed by atoms with Crippen molar-refractivity contribution in [3.63, 3.8) is 0 Å². The number of sulfone groups is 1.